The number of para-hydroxylation sites is 1. The molecule has 1 heterocycles. The van der Waals surface area contributed by atoms with Crippen LogP contribution in [0.3, 0.4) is 0 Å². The lowest BCUT2D eigenvalue weighted by molar-refractivity contribution is -0.137. The van der Waals surface area contributed by atoms with E-state index >= 15 is 0 Å². The Balaban J connectivity index is 2.69. The first-order valence-corrected chi connectivity index (χ1v) is 4.85. The van der Waals surface area contributed by atoms with Gasteiger partial charge in [0.25, 0.3) is 0 Å². The zero-order valence-corrected chi connectivity index (χ0v) is 9.10. The van der Waals surface area contributed by atoms with Gasteiger partial charge >= 0.3 is 5.97 Å². The normalized spacial score (nSPS) is 10.6. The fraction of sp³-hybridized carbons (Fsp3) is 0.273. The molecule has 5 heteroatoms. The lowest BCUT2D eigenvalue weighted by Crippen LogP contribution is -2.10. The first-order valence-electron chi connectivity index (χ1n) is 4.85. The van der Waals surface area contributed by atoms with Crippen molar-refractivity contribution in [2.75, 3.05) is 7.11 Å². The summed E-state index contributed by atoms with van der Waals surface area (Å²) in [5.41, 5.74) is 1.53. The molecule has 1 N–H and O–H groups in total. The topological polar surface area (TPSA) is 64.4 Å². The Bertz CT molecular complexity index is 545. The summed E-state index contributed by atoms with van der Waals surface area (Å²) in [6, 6.07) is 5.56. The first kappa shape index (κ1) is 10.5. The molecule has 16 heavy (non-hydrogen) atoms. The summed E-state index contributed by atoms with van der Waals surface area (Å²) in [5.74, 6) is -0.283. The van der Waals surface area contributed by atoms with Gasteiger partial charge in [0.15, 0.2) is 0 Å². The average Bonchev–Trinajstić information content (AvgIpc) is 2.55. The maximum absolute atomic E-state index is 10.7. The van der Waals surface area contributed by atoms with E-state index in [1.54, 1.807) is 13.2 Å². The number of benzene rings is 1. The van der Waals surface area contributed by atoms with Gasteiger partial charge in [0, 0.05) is 5.39 Å². The number of rotatable bonds is 3. The molecule has 0 saturated carbocycles. The first-order chi connectivity index (χ1) is 7.63. The second-order valence-electron chi connectivity index (χ2n) is 3.49. The molecule has 0 atom stereocenters. The van der Waals surface area contributed by atoms with Gasteiger partial charge in [-0.2, -0.15) is 5.10 Å². The van der Waals surface area contributed by atoms with Crippen molar-refractivity contribution < 1.29 is 14.6 Å². The molecule has 5 nitrogen and oxygen atoms in total. The molecular weight excluding hydrogens is 208 g/mol. The van der Waals surface area contributed by atoms with Gasteiger partial charge in [0.1, 0.15) is 17.8 Å². The number of aromatic nitrogens is 2. The van der Waals surface area contributed by atoms with Gasteiger partial charge < -0.3 is 9.84 Å². The molecule has 0 amide bonds. The smallest absolute Gasteiger partial charge is 0.325 e. The molecule has 1 aromatic carbocycles. The van der Waals surface area contributed by atoms with Crippen molar-refractivity contribution in [3.8, 4) is 5.75 Å². The predicted molar refractivity (Wildman–Crippen MR) is 58.7 cm³/mol. The van der Waals surface area contributed by atoms with Gasteiger partial charge in [-0.05, 0) is 13.0 Å². The number of fused-ring (bicyclic) bond motifs is 1. The molecular formula is C11H12N2O3. The van der Waals surface area contributed by atoms with Crippen LogP contribution >= 0.6 is 0 Å². The number of aryl methyl sites for hydroxylation is 1. The van der Waals surface area contributed by atoms with Crippen molar-refractivity contribution in [2.24, 2.45) is 0 Å². The largest absolute Gasteiger partial charge is 0.494 e. The number of ether oxygens (including phenoxy) is 1. The van der Waals surface area contributed by atoms with E-state index in [0.29, 0.717) is 5.75 Å². The van der Waals surface area contributed by atoms with Crippen LogP contribution in [0.2, 0.25) is 0 Å². The Morgan fingerprint density at radius 1 is 1.56 bits per heavy atom. The summed E-state index contributed by atoms with van der Waals surface area (Å²) in [6.07, 6.45) is 0. The number of aliphatic carboxylic acids is 1. The van der Waals surface area contributed by atoms with Gasteiger partial charge in [0.05, 0.1) is 12.8 Å². The number of carbonyl (C=O) groups is 1. The summed E-state index contributed by atoms with van der Waals surface area (Å²) < 4.78 is 6.66. The van der Waals surface area contributed by atoms with E-state index in [0.717, 1.165) is 16.6 Å². The van der Waals surface area contributed by atoms with Crippen LogP contribution in [0.5, 0.6) is 5.75 Å². The lowest BCUT2D eigenvalue weighted by atomic mass is 10.2. The van der Waals surface area contributed by atoms with Gasteiger partial charge in [-0.3, -0.25) is 4.79 Å². The lowest BCUT2D eigenvalue weighted by Gasteiger charge is -2.04. The van der Waals surface area contributed by atoms with Crippen molar-refractivity contribution in [3.05, 3.63) is 23.9 Å². The zero-order valence-electron chi connectivity index (χ0n) is 9.10. The number of methoxy groups -OCH3 is 1. The molecule has 0 radical (unpaired) electrons. The second-order valence-corrected chi connectivity index (χ2v) is 3.49. The molecule has 0 bridgehead atoms. The van der Waals surface area contributed by atoms with E-state index in [2.05, 4.69) is 5.10 Å². The van der Waals surface area contributed by atoms with E-state index in [9.17, 15) is 4.79 Å². The molecule has 0 saturated heterocycles. The van der Waals surface area contributed by atoms with Gasteiger partial charge in [-0.15, -0.1) is 0 Å². The van der Waals surface area contributed by atoms with Crippen LogP contribution in [-0.4, -0.2) is 28.0 Å². The van der Waals surface area contributed by atoms with E-state index in [-0.39, 0.29) is 6.54 Å². The molecule has 84 valence electrons. The van der Waals surface area contributed by atoms with Gasteiger partial charge in [0.2, 0.25) is 0 Å². The molecule has 0 fully saturated rings. The summed E-state index contributed by atoms with van der Waals surface area (Å²) in [7, 11) is 1.56. The van der Waals surface area contributed by atoms with Crippen molar-refractivity contribution in [1.82, 2.24) is 9.78 Å². The highest BCUT2D eigenvalue weighted by atomic mass is 16.5. The minimum atomic E-state index is -0.921. The van der Waals surface area contributed by atoms with Crippen LogP contribution in [0.25, 0.3) is 10.9 Å². The maximum atomic E-state index is 10.7. The number of carboxylic acid groups (broad SMARTS) is 1. The highest BCUT2D eigenvalue weighted by molar-refractivity contribution is 5.88. The zero-order chi connectivity index (χ0) is 11.7. The van der Waals surface area contributed by atoms with Crippen LogP contribution in [0.15, 0.2) is 18.2 Å². The monoisotopic (exact) mass is 220 g/mol. The van der Waals surface area contributed by atoms with Crippen molar-refractivity contribution >= 4 is 16.9 Å². The highest BCUT2D eigenvalue weighted by Gasteiger charge is 2.13. The SMILES string of the molecule is COc1cccc2c(C)nn(CC(=O)O)c12. The van der Waals surface area contributed by atoms with E-state index in [4.69, 9.17) is 9.84 Å². The Hall–Kier alpha value is -2.04. The minimum absolute atomic E-state index is 0.162. The fourth-order valence-corrected chi connectivity index (χ4v) is 1.77. The summed E-state index contributed by atoms with van der Waals surface area (Å²) in [4.78, 5) is 10.7. The van der Waals surface area contributed by atoms with Crippen molar-refractivity contribution in [2.45, 2.75) is 13.5 Å². The molecule has 2 aromatic rings. The van der Waals surface area contributed by atoms with Gasteiger partial charge in [-0.1, -0.05) is 12.1 Å². The quantitative estimate of drug-likeness (QED) is 0.850. The van der Waals surface area contributed by atoms with Crippen molar-refractivity contribution in [1.29, 1.82) is 0 Å². The fourth-order valence-electron chi connectivity index (χ4n) is 1.77. The third-order valence-corrected chi connectivity index (χ3v) is 2.42. The molecule has 0 aliphatic heterocycles. The molecule has 2 rings (SSSR count). The van der Waals surface area contributed by atoms with Gasteiger partial charge in [-0.25, -0.2) is 4.68 Å². The number of carboxylic acids is 1. The number of hydrogen-bond donors (Lipinski definition) is 1. The van der Waals surface area contributed by atoms with E-state index < -0.39 is 5.97 Å². The number of nitrogens with zero attached hydrogens (tertiary/aromatic N) is 2. The Morgan fingerprint density at radius 3 is 2.94 bits per heavy atom. The summed E-state index contributed by atoms with van der Waals surface area (Å²) in [5, 5.41) is 13.9. The van der Waals surface area contributed by atoms with Crippen molar-refractivity contribution in [3.63, 3.8) is 0 Å². The maximum Gasteiger partial charge on any atom is 0.325 e. The molecule has 0 aliphatic carbocycles. The molecule has 1 aromatic heterocycles. The predicted octanol–water partition coefficient (Wildman–Crippen LogP) is 1.44. The Kier molecular flexibility index (Phi) is 2.52. The Morgan fingerprint density at radius 2 is 2.31 bits per heavy atom. The summed E-state index contributed by atoms with van der Waals surface area (Å²) in [6.45, 7) is 1.69. The molecule has 0 spiro atoms. The molecule has 0 aliphatic rings. The van der Waals surface area contributed by atoms with Crippen LogP contribution in [-0.2, 0) is 11.3 Å². The second kappa shape index (κ2) is 3.84. The van der Waals surface area contributed by atoms with Crippen LogP contribution < -0.4 is 4.74 Å². The number of hydrogen-bond acceptors (Lipinski definition) is 3. The highest BCUT2D eigenvalue weighted by Crippen LogP contribution is 2.27. The third-order valence-electron chi connectivity index (χ3n) is 2.42. The molecule has 0 unspecified atom stereocenters. The van der Waals surface area contributed by atoms with E-state index in [1.807, 2.05) is 19.1 Å². The average molecular weight is 220 g/mol. The Labute approximate surface area is 92.2 Å². The third kappa shape index (κ3) is 1.60. The standard InChI is InChI=1S/C11H12N2O3/c1-7-8-4-3-5-9(16-2)11(8)13(12-7)6-10(14)15/h3-5H,6H2,1-2H3,(H,14,15). The summed E-state index contributed by atoms with van der Waals surface area (Å²) >= 11 is 0. The van der Waals surface area contributed by atoms with Crippen LogP contribution in [0.1, 0.15) is 5.69 Å². The van der Waals surface area contributed by atoms with E-state index in [1.165, 1.54) is 4.68 Å². The van der Waals surface area contributed by atoms with Crippen LogP contribution in [0.4, 0.5) is 0 Å². The minimum Gasteiger partial charge on any atom is -0.494 e. The van der Waals surface area contributed by atoms with Crippen LogP contribution in [0, 0.1) is 6.92 Å².